The van der Waals surface area contributed by atoms with Crippen LogP contribution in [-0.2, 0) is 10.0 Å². The van der Waals surface area contributed by atoms with Crippen molar-refractivity contribution in [1.82, 2.24) is 4.98 Å². The Balaban J connectivity index is 1.57. The highest BCUT2D eigenvalue weighted by atomic mass is 35.5. The van der Waals surface area contributed by atoms with Crippen LogP contribution in [-0.4, -0.2) is 26.6 Å². The highest BCUT2D eigenvalue weighted by Crippen LogP contribution is 2.31. The van der Waals surface area contributed by atoms with Crippen molar-refractivity contribution >= 4 is 38.5 Å². The third-order valence-corrected chi connectivity index (χ3v) is 6.39. The third-order valence-electron chi connectivity index (χ3n) is 4.49. The summed E-state index contributed by atoms with van der Waals surface area (Å²) in [6, 6.07) is 17.2. The highest BCUT2D eigenvalue weighted by molar-refractivity contribution is 7.92. The summed E-state index contributed by atoms with van der Waals surface area (Å²) in [5, 5.41) is 0.357. The summed E-state index contributed by atoms with van der Waals surface area (Å²) in [4.78, 5) is 4.41. The van der Waals surface area contributed by atoms with Crippen LogP contribution in [0.1, 0.15) is 5.56 Å². The van der Waals surface area contributed by atoms with E-state index in [2.05, 4.69) is 9.71 Å². The molecule has 0 amide bonds. The number of nitrogens with zero attached hydrogens (tertiary/aromatic N) is 1. The van der Waals surface area contributed by atoms with E-state index in [9.17, 15) is 8.42 Å². The number of aromatic nitrogens is 1. The molecule has 0 spiro atoms. The zero-order chi connectivity index (χ0) is 21.8. The van der Waals surface area contributed by atoms with Crippen LogP contribution in [0.15, 0.2) is 76.2 Å². The van der Waals surface area contributed by atoms with E-state index in [4.69, 9.17) is 25.5 Å². The van der Waals surface area contributed by atoms with Gasteiger partial charge in [-0.05, 0) is 36.8 Å². The number of anilines is 1. The van der Waals surface area contributed by atoms with Crippen LogP contribution in [0.25, 0.3) is 11.1 Å². The SMILES string of the molecule is Cc1c(Cl)cccc1S(=O)(=O)Nc1nc2ccoc2cc1OCCOc1ccccc1. The first-order valence-corrected chi connectivity index (χ1v) is 11.3. The summed E-state index contributed by atoms with van der Waals surface area (Å²) in [7, 11) is -3.95. The van der Waals surface area contributed by atoms with Gasteiger partial charge in [0.2, 0.25) is 0 Å². The Bertz CT molecular complexity index is 1310. The maximum atomic E-state index is 13.0. The molecule has 2 aromatic carbocycles. The molecule has 0 saturated carbocycles. The molecular weight excluding hydrogens is 440 g/mol. The van der Waals surface area contributed by atoms with E-state index in [1.807, 2.05) is 30.3 Å². The first-order valence-electron chi connectivity index (χ1n) is 9.41. The quantitative estimate of drug-likeness (QED) is 0.371. The van der Waals surface area contributed by atoms with E-state index >= 15 is 0 Å². The molecule has 0 unspecified atom stereocenters. The summed E-state index contributed by atoms with van der Waals surface area (Å²) in [5.41, 5.74) is 1.41. The van der Waals surface area contributed by atoms with Crippen LogP contribution in [0.3, 0.4) is 0 Å². The van der Waals surface area contributed by atoms with Crippen LogP contribution in [0.4, 0.5) is 5.82 Å². The fourth-order valence-electron chi connectivity index (χ4n) is 2.95. The number of fused-ring (bicyclic) bond motifs is 1. The Morgan fingerprint density at radius 3 is 2.61 bits per heavy atom. The number of para-hydroxylation sites is 1. The van der Waals surface area contributed by atoms with Gasteiger partial charge in [-0.3, -0.25) is 4.72 Å². The third kappa shape index (κ3) is 4.76. The molecule has 4 rings (SSSR count). The average Bonchev–Trinajstić information content (AvgIpc) is 3.20. The monoisotopic (exact) mass is 458 g/mol. The second-order valence-corrected chi connectivity index (χ2v) is 8.68. The van der Waals surface area contributed by atoms with Crippen molar-refractivity contribution in [2.24, 2.45) is 0 Å². The lowest BCUT2D eigenvalue weighted by Gasteiger charge is -2.14. The van der Waals surface area contributed by atoms with Gasteiger partial charge >= 0.3 is 0 Å². The number of hydrogen-bond acceptors (Lipinski definition) is 6. The number of halogens is 1. The molecular formula is C22H19ClN2O5S. The molecule has 0 aliphatic carbocycles. The Hall–Kier alpha value is -3.23. The maximum Gasteiger partial charge on any atom is 0.263 e. The summed E-state index contributed by atoms with van der Waals surface area (Å²) < 4.78 is 45.3. The largest absolute Gasteiger partial charge is 0.490 e. The van der Waals surface area contributed by atoms with Crippen LogP contribution < -0.4 is 14.2 Å². The normalized spacial score (nSPS) is 11.4. The molecule has 2 heterocycles. The molecule has 160 valence electrons. The lowest BCUT2D eigenvalue weighted by atomic mass is 10.2. The minimum atomic E-state index is -3.95. The van der Waals surface area contributed by atoms with Gasteiger partial charge < -0.3 is 13.9 Å². The van der Waals surface area contributed by atoms with Crippen molar-refractivity contribution in [1.29, 1.82) is 0 Å². The number of ether oxygens (including phenoxy) is 2. The summed E-state index contributed by atoms with van der Waals surface area (Å²) >= 11 is 6.09. The van der Waals surface area contributed by atoms with Crippen molar-refractivity contribution in [2.45, 2.75) is 11.8 Å². The summed E-state index contributed by atoms with van der Waals surface area (Å²) in [6.45, 7) is 2.08. The molecule has 31 heavy (non-hydrogen) atoms. The average molecular weight is 459 g/mol. The zero-order valence-electron chi connectivity index (χ0n) is 16.5. The number of hydrogen-bond donors (Lipinski definition) is 1. The standard InChI is InChI=1S/C22H19ClN2O5S/c1-15-17(23)8-5-9-21(15)31(26,27)25-22-20(14-19-18(24-22)10-11-29-19)30-13-12-28-16-6-3-2-4-7-16/h2-11,14H,12-13H2,1H3,(H,24,25). The van der Waals surface area contributed by atoms with E-state index < -0.39 is 10.0 Å². The van der Waals surface area contributed by atoms with Gasteiger partial charge in [-0.25, -0.2) is 13.4 Å². The summed E-state index contributed by atoms with van der Waals surface area (Å²) in [6.07, 6.45) is 1.47. The highest BCUT2D eigenvalue weighted by Gasteiger charge is 2.22. The zero-order valence-corrected chi connectivity index (χ0v) is 18.1. The van der Waals surface area contributed by atoms with Crippen molar-refractivity contribution in [3.63, 3.8) is 0 Å². The minimum absolute atomic E-state index is 0.0491. The molecule has 0 radical (unpaired) electrons. The van der Waals surface area contributed by atoms with Gasteiger partial charge in [-0.1, -0.05) is 35.9 Å². The molecule has 0 atom stereocenters. The number of furan rings is 1. The Kier molecular flexibility index (Phi) is 6.01. The second-order valence-electron chi connectivity index (χ2n) is 6.62. The lowest BCUT2D eigenvalue weighted by Crippen LogP contribution is -2.17. The van der Waals surface area contributed by atoms with E-state index in [1.165, 1.54) is 12.3 Å². The number of rotatable bonds is 8. The number of nitrogens with one attached hydrogen (secondary N) is 1. The number of pyridine rings is 1. The number of sulfonamides is 1. The molecule has 0 fully saturated rings. The molecule has 4 aromatic rings. The molecule has 0 aliphatic rings. The smallest absolute Gasteiger partial charge is 0.263 e. The van der Waals surface area contributed by atoms with Crippen molar-refractivity contribution in [2.75, 3.05) is 17.9 Å². The van der Waals surface area contributed by atoms with E-state index in [0.717, 1.165) is 0 Å². The molecule has 0 saturated heterocycles. The predicted molar refractivity (Wildman–Crippen MR) is 118 cm³/mol. The molecule has 9 heteroatoms. The van der Waals surface area contributed by atoms with Gasteiger partial charge in [-0.2, -0.15) is 0 Å². The van der Waals surface area contributed by atoms with E-state index in [0.29, 0.717) is 27.4 Å². The van der Waals surface area contributed by atoms with Crippen LogP contribution in [0.5, 0.6) is 11.5 Å². The minimum Gasteiger partial charge on any atom is -0.490 e. The molecule has 1 N–H and O–H groups in total. The van der Waals surface area contributed by atoms with Crippen LogP contribution in [0, 0.1) is 6.92 Å². The van der Waals surface area contributed by atoms with Gasteiger partial charge in [-0.15, -0.1) is 0 Å². The van der Waals surface area contributed by atoms with E-state index in [-0.39, 0.29) is 29.7 Å². The molecule has 0 bridgehead atoms. The van der Waals surface area contributed by atoms with Crippen molar-refractivity contribution < 1.29 is 22.3 Å². The molecule has 7 nitrogen and oxygen atoms in total. The Labute approximate surface area is 184 Å². The van der Waals surface area contributed by atoms with Gasteiger partial charge in [0.15, 0.2) is 17.2 Å². The fraction of sp³-hybridized carbons (Fsp3) is 0.136. The topological polar surface area (TPSA) is 90.7 Å². The lowest BCUT2D eigenvalue weighted by molar-refractivity contribution is 0.217. The maximum absolute atomic E-state index is 13.0. The Morgan fingerprint density at radius 1 is 1.03 bits per heavy atom. The van der Waals surface area contributed by atoms with Crippen molar-refractivity contribution in [3.8, 4) is 11.5 Å². The predicted octanol–water partition coefficient (Wildman–Crippen LogP) is 5.05. The van der Waals surface area contributed by atoms with Crippen LogP contribution >= 0.6 is 11.6 Å². The van der Waals surface area contributed by atoms with Crippen molar-refractivity contribution in [3.05, 3.63) is 77.5 Å². The first-order chi connectivity index (χ1) is 14.9. The Morgan fingerprint density at radius 2 is 1.81 bits per heavy atom. The first kappa shape index (κ1) is 21.0. The number of benzene rings is 2. The van der Waals surface area contributed by atoms with Gasteiger partial charge in [0.25, 0.3) is 10.0 Å². The summed E-state index contributed by atoms with van der Waals surface area (Å²) in [5.74, 6) is 0.985. The van der Waals surface area contributed by atoms with E-state index in [1.54, 1.807) is 31.2 Å². The van der Waals surface area contributed by atoms with Gasteiger partial charge in [0.05, 0.1) is 11.2 Å². The second kappa shape index (κ2) is 8.87. The fourth-order valence-corrected chi connectivity index (χ4v) is 4.46. The molecule has 0 aliphatic heterocycles. The molecule has 2 aromatic heterocycles. The van der Waals surface area contributed by atoms with Gasteiger partial charge in [0.1, 0.15) is 24.5 Å². The van der Waals surface area contributed by atoms with Crippen LogP contribution in [0.2, 0.25) is 5.02 Å². The van der Waals surface area contributed by atoms with Gasteiger partial charge in [0, 0.05) is 17.2 Å².